The molecule has 0 amide bonds. The molecule has 1 aromatic heterocycles. The molecule has 3 rings (SSSR count). The summed E-state index contributed by atoms with van der Waals surface area (Å²) < 4.78 is 7.74. The largest absolute Gasteiger partial charge is 0.379 e. The number of quaternary nitrogens is 1. The van der Waals surface area contributed by atoms with Gasteiger partial charge in [-0.2, -0.15) is 0 Å². The second-order valence-electron chi connectivity index (χ2n) is 7.45. The average molecular weight is 364 g/mol. The molecule has 0 saturated carbocycles. The summed E-state index contributed by atoms with van der Waals surface area (Å²) in [6.07, 6.45) is 2.19. The van der Waals surface area contributed by atoms with Crippen LogP contribution in [0.15, 0.2) is 66.9 Å². The van der Waals surface area contributed by atoms with Gasteiger partial charge < -0.3 is 14.2 Å². The van der Waals surface area contributed by atoms with Gasteiger partial charge in [0.25, 0.3) is 0 Å². The van der Waals surface area contributed by atoms with Crippen LogP contribution in [-0.2, 0) is 24.4 Å². The number of nitrogens with zero attached hydrogens (tertiary/aromatic N) is 1. The molecule has 0 radical (unpaired) electrons. The zero-order valence-corrected chi connectivity index (χ0v) is 16.7. The van der Waals surface area contributed by atoms with E-state index in [-0.39, 0.29) is 0 Å². The minimum atomic E-state index is 0.778. The maximum atomic E-state index is 5.36. The quantitative estimate of drug-likeness (QED) is 0.617. The summed E-state index contributed by atoms with van der Waals surface area (Å²) in [5.41, 5.74) is 6.74. The number of aromatic nitrogens is 1. The summed E-state index contributed by atoms with van der Waals surface area (Å²) in [5, 5.41) is 0. The van der Waals surface area contributed by atoms with E-state index in [1.807, 2.05) is 0 Å². The van der Waals surface area contributed by atoms with E-state index in [1.54, 1.807) is 7.11 Å². The van der Waals surface area contributed by atoms with Gasteiger partial charge in [-0.25, -0.2) is 0 Å². The van der Waals surface area contributed by atoms with Crippen LogP contribution in [0.2, 0.25) is 0 Å². The Hall–Kier alpha value is -2.36. The van der Waals surface area contributed by atoms with E-state index in [4.69, 9.17) is 4.74 Å². The number of benzene rings is 2. The predicted molar refractivity (Wildman–Crippen MR) is 111 cm³/mol. The fourth-order valence-electron chi connectivity index (χ4n) is 3.62. The molecule has 1 atom stereocenters. The van der Waals surface area contributed by atoms with Gasteiger partial charge >= 0.3 is 0 Å². The summed E-state index contributed by atoms with van der Waals surface area (Å²) in [6, 6.07) is 22.0. The molecule has 2 aromatic carbocycles. The number of rotatable bonds is 9. The molecule has 142 valence electrons. The topological polar surface area (TPSA) is 18.6 Å². The predicted octanol–water partition coefficient (Wildman–Crippen LogP) is 3.38. The van der Waals surface area contributed by atoms with Crippen molar-refractivity contribution in [3.05, 3.63) is 94.8 Å². The van der Waals surface area contributed by atoms with Crippen LogP contribution in [0.1, 0.15) is 27.9 Å². The van der Waals surface area contributed by atoms with Crippen LogP contribution < -0.4 is 4.90 Å². The van der Waals surface area contributed by atoms with E-state index in [9.17, 15) is 0 Å². The summed E-state index contributed by atoms with van der Waals surface area (Å²) in [6.45, 7) is 9.02. The lowest BCUT2D eigenvalue weighted by atomic mass is 10.1. The SMILES string of the molecule is COCC[NH+](Cc1cccc(C)c1)Cc1cccn1Cc1cccc(C)c1. The Morgan fingerprint density at radius 3 is 2.26 bits per heavy atom. The molecule has 3 aromatic rings. The fraction of sp³-hybridized carbons (Fsp3) is 0.333. The molecule has 1 N–H and O–H groups in total. The minimum Gasteiger partial charge on any atom is -0.379 e. The molecule has 3 nitrogen and oxygen atoms in total. The van der Waals surface area contributed by atoms with Crippen molar-refractivity contribution in [1.29, 1.82) is 0 Å². The molecule has 27 heavy (non-hydrogen) atoms. The summed E-state index contributed by atoms with van der Waals surface area (Å²) in [7, 11) is 1.78. The van der Waals surface area contributed by atoms with Crippen LogP contribution >= 0.6 is 0 Å². The van der Waals surface area contributed by atoms with E-state index in [1.165, 1.54) is 32.8 Å². The van der Waals surface area contributed by atoms with E-state index < -0.39 is 0 Å². The molecular weight excluding hydrogens is 332 g/mol. The molecule has 1 heterocycles. The minimum absolute atomic E-state index is 0.778. The summed E-state index contributed by atoms with van der Waals surface area (Å²) in [4.78, 5) is 1.52. The molecule has 0 aliphatic heterocycles. The third-order valence-corrected chi connectivity index (χ3v) is 4.99. The number of aryl methyl sites for hydroxylation is 2. The first-order chi connectivity index (χ1) is 13.1. The van der Waals surface area contributed by atoms with Crippen molar-refractivity contribution >= 4 is 0 Å². The van der Waals surface area contributed by atoms with E-state index in [2.05, 4.69) is 85.3 Å². The normalized spacial score (nSPS) is 12.3. The van der Waals surface area contributed by atoms with Crippen LogP contribution in [0, 0.1) is 13.8 Å². The van der Waals surface area contributed by atoms with Crippen molar-refractivity contribution in [3.8, 4) is 0 Å². The van der Waals surface area contributed by atoms with Gasteiger partial charge in [0, 0.05) is 25.4 Å². The number of ether oxygens (including phenoxy) is 1. The van der Waals surface area contributed by atoms with Crippen molar-refractivity contribution in [2.24, 2.45) is 0 Å². The smallest absolute Gasteiger partial charge is 0.118 e. The first kappa shape index (κ1) is 19.4. The van der Waals surface area contributed by atoms with Crippen LogP contribution in [0.3, 0.4) is 0 Å². The van der Waals surface area contributed by atoms with Crippen molar-refractivity contribution in [3.63, 3.8) is 0 Å². The van der Waals surface area contributed by atoms with Crippen LogP contribution in [-0.4, -0.2) is 24.8 Å². The van der Waals surface area contributed by atoms with Gasteiger partial charge in [-0.3, -0.25) is 0 Å². The van der Waals surface area contributed by atoms with Gasteiger partial charge in [-0.05, 0) is 31.5 Å². The number of hydrogen-bond donors (Lipinski definition) is 1. The van der Waals surface area contributed by atoms with Crippen LogP contribution in [0.4, 0.5) is 0 Å². The van der Waals surface area contributed by atoms with Crippen molar-refractivity contribution in [2.45, 2.75) is 33.5 Å². The lowest BCUT2D eigenvalue weighted by molar-refractivity contribution is -0.928. The molecule has 0 fully saturated rings. The van der Waals surface area contributed by atoms with Gasteiger partial charge in [0.1, 0.15) is 19.6 Å². The molecule has 0 aliphatic carbocycles. The van der Waals surface area contributed by atoms with Crippen molar-refractivity contribution < 1.29 is 9.64 Å². The highest BCUT2D eigenvalue weighted by atomic mass is 16.5. The Balaban J connectivity index is 1.73. The Morgan fingerprint density at radius 2 is 1.56 bits per heavy atom. The van der Waals surface area contributed by atoms with Gasteiger partial charge in [-0.1, -0.05) is 59.7 Å². The first-order valence-electron chi connectivity index (χ1n) is 9.71. The number of methoxy groups -OCH3 is 1. The van der Waals surface area contributed by atoms with Crippen molar-refractivity contribution in [1.82, 2.24) is 4.57 Å². The summed E-state index contributed by atoms with van der Waals surface area (Å²) in [5.74, 6) is 0. The van der Waals surface area contributed by atoms with Gasteiger partial charge in [0.05, 0.1) is 12.3 Å². The Labute approximate surface area is 163 Å². The van der Waals surface area contributed by atoms with E-state index >= 15 is 0 Å². The highest BCUT2D eigenvalue weighted by Crippen LogP contribution is 2.10. The molecular formula is C24H31N2O+. The van der Waals surface area contributed by atoms with Crippen molar-refractivity contribution in [2.75, 3.05) is 20.3 Å². The number of hydrogen-bond acceptors (Lipinski definition) is 1. The highest BCUT2D eigenvalue weighted by molar-refractivity contribution is 5.23. The maximum absolute atomic E-state index is 5.36. The monoisotopic (exact) mass is 363 g/mol. The Kier molecular flexibility index (Phi) is 6.86. The van der Waals surface area contributed by atoms with Crippen LogP contribution in [0.25, 0.3) is 0 Å². The second kappa shape index (κ2) is 9.54. The van der Waals surface area contributed by atoms with Gasteiger partial charge in [-0.15, -0.1) is 0 Å². The average Bonchev–Trinajstić information content (AvgIpc) is 3.06. The van der Waals surface area contributed by atoms with Crippen LogP contribution in [0.5, 0.6) is 0 Å². The zero-order chi connectivity index (χ0) is 19.1. The first-order valence-corrected chi connectivity index (χ1v) is 9.71. The Bertz CT molecular complexity index is 853. The van der Waals surface area contributed by atoms with E-state index in [0.717, 1.165) is 32.8 Å². The van der Waals surface area contributed by atoms with Gasteiger partial charge in [0.2, 0.25) is 0 Å². The number of nitrogens with one attached hydrogen (secondary N) is 1. The summed E-state index contributed by atoms with van der Waals surface area (Å²) >= 11 is 0. The van der Waals surface area contributed by atoms with E-state index in [0.29, 0.717) is 0 Å². The lowest BCUT2D eigenvalue weighted by Gasteiger charge is -2.21. The molecule has 0 saturated heterocycles. The highest BCUT2D eigenvalue weighted by Gasteiger charge is 2.14. The lowest BCUT2D eigenvalue weighted by Crippen LogP contribution is -3.10. The van der Waals surface area contributed by atoms with Gasteiger partial charge in [0.15, 0.2) is 0 Å². The maximum Gasteiger partial charge on any atom is 0.118 e. The third kappa shape index (κ3) is 5.81. The molecule has 0 spiro atoms. The molecule has 1 unspecified atom stereocenters. The molecule has 0 bridgehead atoms. The second-order valence-corrected chi connectivity index (χ2v) is 7.45. The zero-order valence-electron chi connectivity index (χ0n) is 16.7. The Morgan fingerprint density at radius 1 is 0.852 bits per heavy atom. The third-order valence-electron chi connectivity index (χ3n) is 4.99. The molecule has 3 heteroatoms. The standard InChI is InChI=1S/C24H30N2O/c1-20-7-4-9-22(15-20)17-25(13-14-27-3)19-24-11-6-12-26(24)18-23-10-5-8-21(2)16-23/h4-12,15-16H,13-14,17-19H2,1-3H3/p+1. The fourth-order valence-corrected chi connectivity index (χ4v) is 3.62. The molecule has 0 aliphatic rings.